The number of fused-ring (bicyclic) bond motifs is 12. The van der Waals surface area contributed by atoms with E-state index in [0.29, 0.717) is 0 Å². The lowest BCUT2D eigenvalue weighted by Crippen LogP contribution is -1.95. The predicted molar refractivity (Wildman–Crippen MR) is 311 cm³/mol. The molecule has 15 aromatic rings. The molecule has 3 aromatic heterocycles. The van der Waals surface area contributed by atoms with Crippen LogP contribution < -0.4 is 0 Å². The minimum atomic E-state index is 0.740. The van der Waals surface area contributed by atoms with Gasteiger partial charge in [-0.3, -0.25) is 0 Å². The van der Waals surface area contributed by atoms with Gasteiger partial charge in [0.05, 0.1) is 33.6 Å². The van der Waals surface area contributed by atoms with Crippen molar-refractivity contribution >= 4 is 86.6 Å². The zero-order valence-corrected chi connectivity index (χ0v) is 40.2. The van der Waals surface area contributed by atoms with Crippen LogP contribution >= 0.6 is 0 Å². The molecule has 12 aromatic carbocycles. The number of aromatic nitrogens is 4. The molecule has 0 saturated carbocycles. The third kappa shape index (κ3) is 7.74. The summed E-state index contributed by atoms with van der Waals surface area (Å²) in [5.74, 6) is 0.740. The van der Waals surface area contributed by atoms with E-state index in [-0.39, 0.29) is 0 Å². The maximum absolute atomic E-state index is 5.08. The third-order valence-electron chi connectivity index (χ3n) is 14.5. The highest BCUT2D eigenvalue weighted by Crippen LogP contribution is 2.38. The van der Waals surface area contributed by atoms with Gasteiger partial charge in [-0.1, -0.05) is 218 Å². The second-order valence-corrected chi connectivity index (χ2v) is 18.9. The molecule has 74 heavy (non-hydrogen) atoms. The summed E-state index contributed by atoms with van der Waals surface area (Å²) in [5, 5.41) is 16.3. The SMILES string of the molecule is c1ccc(-c2ccc3nc(-c4ccc5ccc6c7ccccc7ccc6c5c4)ccc3n2)cc1.c1ccc(-c2nc(-c3ccccc3)c3cc(-c4ccc5ccc6c7ccccc7ccc6c5c4)ccc3n2)cc1. The first kappa shape index (κ1) is 42.9. The van der Waals surface area contributed by atoms with Crippen LogP contribution in [-0.4, -0.2) is 19.9 Å². The molecule has 0 aliphatic carbocycles. The summed E-state index contributed by atoms with van der Waals surface area (Å²) >= 11 is 0. The lowest BCUT2D eigenvalue weighted by atomic mass is 9.94. The molecule has 0 fully saturated rings. The molecule has 0 spiro atoms. The van der Waals surface area contributed by atoms with Crippen LogP contribution in [-0.2, 0) is 0 Å². The second kappa shape index (κ2) is 18.1. The van der Waals surface area contributed by atoms with Crippen LogP contribution in [0.4, 0.5) is 0 Å². The average molecular weight is 941 g/mol. The van der Waals surface area contributed by atoms with Gasteiger partial charge in [0.2, 0.25) is 0 Å². The van der Waals surface area contributed by atoms with Crippen molar-refractivity contribution in [2.45, 2.75) is 0 Å². The van der Waals surface area contributed by atoms with Gasteiger partial charge >= 0.3 is 0 Å². The van der Waals surface area contributed by atoms with Gasteiger partial charge in [-0.05, 0) is 124 Å². The highest BCUT2D eigenvalue weighted by Gasteiger charge is 2.15. The highest BCUT2D eigenvalue weighted by atomic mass is 14.9. The Kier molecular flexibility index (Phi) is 10.5. The summed E-state index contributed by atoms with van der Waals surface area (Å²) < 4.78 is 0. The van der Waals surface area contributed by atoms with E-state index < -0.39 is 0 Å². The first-order valence-electron chi connectivity index (χ1n) is 25.1. The Bertz CT molecular complexity index is 4650. The molecule has 4 nitrogen and oxygen atoms in total. The number of hydrogen-bond acceptors (Lipinski definition) is 4. The van der Waals surface area contributed by atoms with Crippen LogP contribution in [0.15, 0.2) is 267 Å². The summed E-state index contributed by atoms with van der Waals surface area (Å²) in [6.45, 7) is 0. The number of benzene rings is 12. The molecular formula is C70H44N4. The van der Waals surface area contributed by atoms with Crippen molar-refractivity contribution in [1.29, 1.82) is 0 Å². The lowest BCUT2D eigenvalue weighted by Gasteiger charge is -2.12. The maximum atomic E-state index is 5.08. The molecule has 4 heteroatoms. The van der Waals surface area contributed by atoms with Crippen molar-refractivity contribution in [2.75, 3.05) is 0 Å². The van der Waals surface area contributed by atoms with Crippen molar-refractivity contribution < 1.29 is 0 Å². The lowest BCUT2D eigenvalue weighted by molar-refractivity contribution is 1.23. The first-order valence-corrected chi connectivity index (χ1v) is 25.1. The molecule has 0 unspecified atom stereocenters. The van der Waals surface area contributed by atoms with Crippen molar-refractivity contribution in [3.05, 3.63) is 267 Å². The van der Waals surface area contributed by atoms with E-state index in [1.807, 2.05) is 48.5 Å². The van der Waals surface area contributed by atoms with E-state index in [9.17, 15) is 0 Å². The van der Waals surface area contributed by atoms with Gasteiger partial charge in [0.25, 0.3) is 0 Å². The van der Waals surface area contributed by atoms with Crippen molar-refractivity contribution in [3.63, 3.8) is 0 Å². The van der Waals surface area contributed by atoms with Gasteiger partial charge in [-0.2, -0.15) is 0 Å². The summed E-state index contributed by atoms with van der Waals surface area (Å²) in [7, 11) is 0. The first-order chi connectivity index (χ1) is 36.6. The number of nitrogens with zero attached hydrogens (tertiary/aromatic N) is 4. The molecule has 0 saturated heterocycles. The molecule has 0 amide bonds. The van der Waals surface area contributed by atoms with Gasteiger partial charge in [0, 0.05) is 27.6 Å². The van der Waals surface area contributed by atoms with Crippen molar-refractivity contribution in [1.82, 2.24) is 19.9 Å². The quantitative estimate of drug-likeness (QED) is 0.161. The van der Waals surface area contributed by atoms with E-state index in [0.717, 1.165) is 72.7 Å². The van der Waals surface area contributed by atoms with E-state index in [1.165, 1.54) is 70.2 Å². The zero-order chi connectivity index (χ0) is 49.0. The van der Waals surface area contributed by atoms with Crippen LogP contribution in [0, 0.1) is 0 Å². The highest BCUT2D eigenvalue weighted by molar-refractivity contribution is 6.19. The molecule has 0 aliphatic heterocycles. The number of pyridine rings is 2. The van der Waals surface area contributed by atoms with Gasteiger partial charge in [-0.25, -0.2) is 19.9 Å². The zero-order valence-electron chi connectivity index (χ0n) is 40.2. The van der Waals surface area contributed by atoms with Crippen LogP contribution in [0.25, 0.3) is 143 Å². The molecule has 3 heterocycles. The molecule has 0 aliphatic rings. The van der Waals surface area contributed by atoms with E-state index in [1.54, 1.807) is 0 Å². The fraction of sp³-hybridized carbons (Fsp3) is 0. The molecule has 0 bridgehead atoms. The molecule has 0 atom stereocenters. The summed E-state index contributed by atoms with van der Waals surface area (Å²) in [6.07, 6.45) is 0. The van der Waals surface area contributed by atoms with E-state index in [4.69, 9.17) is 19.9 Å². The van der Waals surface area contributed by atoms with E-state index in [2.05, 4.69) is 218 Å². The molecular weight excluding hydrogens is 897 g/mol. The Hall–Kier alpha value is -9.90. The topological polar surface area (TPSA) is 51.6 Å². The van der Waals surface area contributed by atoms with Crippen LogP contribution in [0.3, 0.4) is 0 Å². The van der Waals surface area contributed by atoms with Gasteiger partial charge in [0.1, 0.15) is 0 Å². The third-order valence-corrected chi connectivity index (χ3v) is 14.5. The molecule has 0 N–H and O–H groups in total. The molecule has 344 valence electrons. The van der Waals surface area contributed by atoms with Gasteiger partial charge in [-0.15, -0.1) is 0 Å². The number of rotatable bonds is 5. The number of hydrogen-bond donors (Lipinski definition) is 0. The molecule has 0 radical (unpaired) electrons. The van der Waals surface area contributed by atoms with Crippen LogP contribution in [0.5, 0.6) is 0 Å². The van der Waals surface area contributed by atoms with Crippen LogP contribution in [0.1, 0.15) is 0 Å². The summed E-state index contributed by atoms with van der Waals surface area (Å²) in [5.41, 5.74) is 12.3. The normalized spacial score (nSPS) is 11.5. The fourth-order valence-electron chi connectivity index (χ4n) is 10.8. The Morgan fingerprint density at radius 3 is 1.15 bits per heavy atom. The minimum absolute atomic E-state index is 0.740. The standard InChI is InChI=1S/C38H24N2.C32H20N2/c1-3-10-27(11-4-1)37-35-24-30(19-22-36(35)39-38(40-37)28-12-5-2-6-13-28)29-16-15-26-18-20-32-31-14-8-7-9-25(31)17-21-33(32)34(26)23-29;1-2-7-23(8-3-1)29-16-18-32-31(33-29)19-17-30(34-32)24-11-10-22-13-14-26-25-9-5-4-6-21(25)12-15-27(26)28(22)20-24/h1-24H;1-20H. The fourth-order valence-corrected chi connectivity index (χ4v) is 10.8. The Morgan fingerprint density at radius 2 is 0.581 bits per heavy atom. The van der Waals surface area contributed by atoms with Gasteiger partial charge in [0.15, 0.2) is 5.82 Å². The second-order valence-electron chi connectivity index (χ2n) is 18.9. The van der Waals surface area contributed by atoms with Crippen molar-refractivity contribution in [2.24, 2.45) is 0 Å². The minimum Gasteiger partial charge on any atom is -0.246 e. The average Bonchev–Trinajstić information content (AvgIpc) is 3.50. The van der Waals surface area contributed by atoms with E-state index >= 15 is 0 Å². The summed E-state index contributed by atoms with van der Waals surface area (Å²) in [4.78, 5) is 19.9. The van der Waals surface area contributed by atoms with Gasteiger partial charge < -0.3 is 0 Å². The maximum Gasteiger partial charge on any atom is 0.160 e. The van der Waals surface area contributed by atoms with Crippen LogP contribution in [0.2, 0.25) is 0 Å². The monoisotopic (exact) mass is 940 g/mol. The summed E-state index contributed by atoms with van der Waals surface area (Å²) in [6, 6.07) is 94.2. The smallest absolute Gasteiger partial charge is 0.160 e. The Labute approximate surface area is 427 Å². The van der Waals surface area contributed by atoms with Crippen molar-refractivity contribution in [3.8, 4) is 56.3 Å². The molecule has 15 rings (SSSR count). The Morgan fingerprint density at radius 1 is 0.189 bits per heavy atom. The Balaban J connectivity index is 0.000000138. The largest absolute Gasteiger partial charge is 0.246 e. The predicted octanol–water partition coefficient (Wildman–Crippen LogP) is 18.5.